The number of hydrogen-bond acceptors (Lipinski definition) is 3. The lowest BCUT2D eigenvalue weighted by Gasteiger charge is -2.35. The van der Waals surface area contributed by atoms with Crippen LogP contribution in [0.1, 0.15) is 24.5 Å². The summed E-state index contributed by atoms with van der Waals surface area (Å²) in [5.74, 6) is 0.658. The van der Waals surface area contributed by atoms with E-state index in [0.717, 1.165) is 22.5 Å². The van der Waals surface area contributed by atoms with E-state index in [1.807, 2.05) is 55.5 Å². The van der Waals surface area contributed by atoms with Crippen LogP contribution in [0.5, 0.6) is 0 Å². The normalized spacial score (nSPS) is 15.4. The molecule has 0 bridgehead atoms. The summed E-state index contributed by atoms with van der Waals surface area (Å²) in [6.07, 6.45) is 0.419. The van der Waals surface area contributed by atoms with Crippen molar-refractivity contribution in [3.05, 3.63) is 59.7 Å². The van der Waals surface area contributed by atoms with E-state index < -0.39 is 0 Å². The van der Waals surface area contributed by atoms with Crippen LogP contribution in [0, 0.1) is 0 Å². The molecule has 0 aromatic heterocycles. The van der Waals surface area contributed by atoms with Gasteiger partial charge in [0.05, 0.1) is 18.8 Å². The number of anilines is 2. The van der Waals surface area contributed by atoms with Crippen LogP contribution in [0.2, 0.25) is 0 Å². The number of nitrogens with zero attached hydrogens (tertiary/aromatic N) is 3. The molecule has 0 radical (unpaired) electrons. The first-order valence-corrected chi connectivity index (χ1v) is 8.79. The molecule has 2 aromatic rings. The number of carbonyl (C=O) groups excluding carboxylic acids is 2. The van der Waals surface area contributed by atoms with Crippen LogP contribution in [-0.4, -0.2) is 35.8 Å². The lowest BCUT2D eigenvalue weighted by atomic mass is 10.1. The molecule has 0 aliphatic carbocycles. The molecule has 0 unspecified atom stereocenters. The van der Waals surface area contributed by atoms with Gasteiger partial charge < -0.3 is 5.32 Å². The molecule has 6 nitrogen and oxygen atoms in total. The summed E-state index contributed by atoms with van der Waals surface area (Å²) in [6.45, 7) is 3.50. The van der Waals surface area contributed by atoms with Crippen LogP contribution in [0.15, 0.2) is 53.5 Å². The third-order valence-corrected chi connectivity index (χ3v) is 4.62. The Balaban J connectivity index is 1.74. The molecule has 4 rings (SSSR count). The number of carbonyl (C=O) groups is 2. The maximum Gasteiger partial charge on any atom is 0.330 e. The van der Waals surface area contributed by atoms with E-state index in [9.17, 15) is 9.59 Å². The Morgan fingerprint density at radius 3 is 2.77 bits per heavy atom. The minimum Gasteiger partial charge on any atom is -0.326 e. The van der Waals surface area contributed by atoms with Gasteiger partial charge in [0.2, 0.25) is 5.91 Å². The van der Waals surface area contributed by atoms with E-state index in [2.05, 4.69) is 10.3 Å². The first-order valence-electron chi connectivity index (χ1n) is 8.79. The quantitative estimate of drug-likeness (QED) is 0.922. The largest absolute Gasteiger partial charge is 0.330 e. The predicted octanol–water partition coefficient (Wildman–Crippen LogP) is 3.24. The molecule has 0 atom stereocenters. The Bertz CT molecular complexity index is 892. The second-order valence-corrected chi connectivity index (χ2v) is 6.34. The van der Waals surface area contributed by atoms with E-state index in [-0.39, 0.29) is 11.9 Å². The van der Waals surface area contributed by atoms with Crippen LogP contribution in [0.3, 0.4) is 0 Å². The Kier molecular flexibility index (Phi) is 4.16. The number of amides is 3. The maximum absolute atomic E-state index is 13.0. The fraction of sp³-hybridized carbons (Fsp3) is 0.250. The van der Waals surface area contributed by atoms with Gasteiger partial charge in [0.25, 0.3) is 0 Å². The van der Waals surface area contributed by atoms with Gasteiger partial charge in [-0.05, 0) is 23.8 Å². The van der Waals surface area contributed by atoms with Gasteiger partial charge in [0.1, 0.15) is 5.84 Å². The molecule has 0 saturated carbocycles. The number of benzene rings is 2. The van der Waals surface area contributed by atoms with Crippen molar-refractivity contribution in [3.63, 3.8) is 0 Å². The third kappa shape index (κ3) is 2.83. The van der Waals surface area contributed by atoms with Crippen molar-refractivity contribution in [1.29, 1.82) is 0 Å². The highest BCUT2D eigenvalue weighted by atomic mass is 16.2. The van der Waals surface area contributed by atoms with Crippen LogP contribution in [0.4, 0.5) is 16.2 Å². The molecule has 6 heteroatoms. The maximum atomic E-state index is 13.0. The lowest BCUT2D eigenvalue weighted by Crippen LogP contribution is -2.49. The van der Waals surface area contributed by atoms with Crippen molar-refractivity contribution in [2.75, 3.05) is 23.3 Å². The fourth-order valence-corrected chi connectivity index (χ4v) is 3.31. The van der Waals surface area contributed by atoms with Gasteiger partial charge in [0.15, 0.2) is 0 Å². The van der Waals surface area contributed by atoms with E-state index in [4.69, 9.17) is 0 Å². The summed E-state index contributed by atoms with van der Waals surface area (Å²) in [6, 6.07) is 15.5. The fourth-order valence-electron chi connectivity index (χ4n) is 3.31. The number of fused-ring (bicyclic) bond motifs is 3. The summed E-state index contributed by atoms with van der Waals surface area (Å²) in [5, 5.41) is 2.88. The molecule has 2 aliphatic heterocycles. The highest BCUT2D eigenvalue weighted by molar-refractivity contribution is 6.20. The van der Waals surface area contributed by atoms with Gasteiger partial charge in [-0.3, -0.25) is 19.6 Å². The van der Waals surface area contributed by atoms with Crippen LogP contribution in [-0.2, 0) is 11.3 Å². The van der Waals surface area contributed by atoms with Gasteiger partial charge in [0, 0.05) is 24.2 Å². The summed E-state index contributed by atoms with van der Waals surface area (Å²) in [7, 11) is 0. The average Bonchev–Trinajstić information content (AvgIpc) is 3.16. The molecule has 1 N–H and O–H groups in total. The van der Waals surface area contributed by atoms with E-state index in [1.54, 1.807) is 9.80 Å². The first-order chi connectivity index (χ1) is 12.7. The van der Waals surface area contributed by atoms with Gasteiger partial charge >= 0.3 is 6.03 Å². The number of nitrogens with one attached hydrogen (secondary N) is 1. The van der Waals surface area contributed by atoms with Gasteiger partial charge in [-0.1, -0.05) is 37.3 Å². The van der Waals surface area contributed by atoms with Crippen LogP contribution < -0.4 is 10.2 Å². The number of hydrogen-bond donors (Lipinski definition) is 1. The molecule has 0 spiro atoms. The predicted molar refractivity (Wildman–Crippen MR) is 101 cm³/mol. The molecule has 0 saturated heterocycles. The van der Waals surface area contributed by atoms with Gasteiger partial charge in [-0.15, -0.1) is 0 Å². The summed E-state index contributed by atoms with van der Waals surface area (Å²) >= 11 is 0. The van der Waals surface area contributed by atoms with Gasteiger partial charge in [-0.2, -0.15) is 0 Å². The molecule has 0 fully saturated rings. The molecular weight excluding hydrogens is 328 g/mol. The Hall–Kier alpha value is -3.15. The smallest absolute Gasteiger partial charge is 0.326 e. The van der Waals surface area contributed by atoms with E-state index >= 15 is 0 Å². The topological polar surface area (TPSA) is 65.0 Å². The number of aliphatic imine (C=N–C) groups is 1. The zero-order valence-electron chi connectivity index (χ0n) is 14.6. The molecule has 2 heterocycles. The molecule has 26 heavy (non-hydrogen) atoms. The van der Waals surface area contributed by atoms with Crippen molar-refractivity contribution < 1.29 is 9.59 Å². The van der Waals surface area contributed by atoms with Crippen LogP contribution >= 0.6 is 0 Å². The Morgan fingerprint density at radius 2 is 2.00 bits per heavy atom. The molecule has 132 valence electrons. The highest BCUT2D eigenvalue weighted by Gasteiger charge is 2.37. The number of amidine groups is 1. The zero-order valence-corrected chi connectivity index (χ0v) is 14.6. The second-order valence-electron chi connectivity index (χ2n) is 6.34. The second kappa shape index (κ2) is 6.63. The first kappa shape index (κ1) is 16.3. The standard InChI is InChI=1S/C20H20N4O2/c1-2-18(25)22-15-8-9-17-16(12-15)19-21-10-11-23(19)20(26)24(17)13-14-6-4-3-5-7-14/h3-9,12H,2,10-11,13H2,1H3,(H,22,25). The van der Waals surface area contributed by atoms with E-state index in [0.29, 0.717) is 31.9 Å². The van der Waals surface area contributed by atoms with Crippen LogP contribution in [0.25, 0.3) is 0 Å². The average molecular weight is 348 g/mol. The van der Waals surface area contributed by atoms with Crippen molar-refractivity contribution in [1.82, 2.24) is 4.90 Å². The minimum absolute atomic E-state index is 0.0387. The van der Waals surface area contributed by atoms with Crippen molar-refractivity contribution in [3.8, 4) is 0 Å². The summed E-state index contributed by atoms with van der Waals surface area (Å²) in [4.78, 5) is 32.7. The summed E-state index contributed by atoms with van der Waals surface area (Å²) in [5.41, 5.74) is 3.49. The summed E-state index contributed by atoms with van der Waals surface area (Å²) < 4.78 is 0. The minimum atomic E-state index is -0.0528. The number of urea groups is 1. The Morgan fingerprint density at radius 1 is 1.19 bits per heavy atom. The van der Waals surface area contributed by atoms with Gasteiger partial charge in [-0.25, -0.2) is 4.79 Å². The Labute approximate surface area is 152 Å². The zero-order chi connectivity index (χ0) is 18.1. The van der Waals surface area contributed by atoms with Crippen molar-refractivity contribution >= 4 is 29.1 Å². The SMILES string of the molecule is CCC(=O)Nc1ccc2c(c1)C1=NCCN1C(=O)N2Cc1ccccc1. The highest BCUT2D eigenvalue weighted by Crippen LogP contribution is 2.34. The molecular formula is C20H20N4O2. The molecule has 3 amide bonds. The number of rotatable bonds is 4. The third-order valence-electron chi connectivity index (χ3n) is 4.62. The van der Waals surface area contributed by atoms with E-state index in [1.165, 1.54) is 0 Å². The lowest BCUT2D eigenvalue weighted by molar-refractivity contribution is -0.115. The molecule has 2 aromatic carbocycles. The van der Waals surface area contributed by atoms with Crippen molar-refractivity contribution in [2.24, 2.45) is 4.99 Å². The van der Waals surface area contributed by atoms with Crippen molar-refractivity contribution in [2.45, 2.75) is 19.9 Å². The molecule has 2 aliphatic rings. The monoisotopic (exact) mass is 348 g/mol.